The fourth-order valence-corrected chi connectivity index (χ4v) is 2.94. The minimum absolute atomic E-state index is 0.188. The van der Waals surface area contributed by atoms with Crippen molar-refractivity contribution in [3.63, 3.8) is 0 Å². The molecule has 2 atom stereocenters. The standard InChI is InChI=1S/C16H25NO2/c1-2-16(19)14-9-5-6-10-15(14)17-11-7-3-4-8-13(17)12-18/h5-6,9-10,13,16,18-19H,2-4,7-8,11-12H2,1H3/t13?,16-/m0/s1. The van der Waals surface area contributed by atoms with E-state index in [2.05, 4.69) is 11.0 Å². The zero-order valence-corrected chi connectivity index (χ0v) is 11.8. The van der Waals surface area contributed by atoms with Crippen LogP contribution < -0.4 is 4.90 Å². The Morgan fingerprint density at radius 3 is 2.79 bits per heavy atom. The van der Waals surface area contributed by atoms with Gasteiger partial charge < -0.3 is 15.1 Å². The Bertz CT molecular complexity index is 394. The van der Waals surface area contributed by atoms with Crippen molar-refractivity contribution >= 4 is 5.69 Å². The fourth-order valence-electron chi connectivity index (χ4n) is 2.94. The Morgan fingerprint density at radius 2 is 2.05 bits per heavy atom. The summed E-state index contributed by atoms with van der Waals surface area (Å²) in [7, 11) is 0. The van der Waals surface area contributed by atoms with E-state index < -0.39 is 6.10 Å². The SMILES string of the molecule is CC[C@H](O)c1ccccc1N1CCCCCC1CO. The molecule has 1 aliphatic rings. The molecule has 1 aliphatic heterocycles. The second-order valence-corrected chi connectivity index (χ2v) is 5.36. The van der Waals surface area contributed by atoms with Crippen molar-refractivity contribution in [2.24, 2.45) is 0 Å². The van der Waals surface area contributed by atoms with Crippen LogP contribution in [0.4, 0.5) is 5.69 Å². The number of rotatable bonds is 4. The summed E-state index contributed by atoms with van der Waals surface area (Å²) in [4.78, 5) is 2.29. The zero-order valence-electron chi connectivity index (χ0n) is 11.8. The van der Waals surface area contributed by atoms with Gasteiger partial charge in [-0.3, -0.25) is 0 Å². The van der Waals surface area contributed by atoms with Crippen molar-refractivity contribution in [1.29, 1.82) is 0 Å². The fraction of sp³-hybridized carbons (Fsp3) is 0.625. The van der Waals surface area contributed by atoms with Gasteiger partial charge in [0.15, 0.2) is 0 Å². The highest BCUT2D eigenvalue weighted by molar-refractivity contribution is 5.55. The van der Waals surface area contributed by atoms with E-state index in [0.29, 0.717) is 6.42 Å². The average Bonchev–Trinajstić information content (AvgIpc) is 2.71. The van der Waals surface area contributed by atoms with Crippen molar-refractivity contribution in [2.75, 3.05) is 18.1 Å². The smallest absolute Gasteiger partial charge is 0.0807 e. The number of para-hydroxylation sites is 1. The van der Waals surface area contributed by atoms with Gasteiger partial charge in [0.05, 0.1) is 18.8 Å². The molecule has 1 aromatic carbocycles. The van der Waals surface area contributed by atoms with Crippen LogP contribution in [0.15, 0.2) is 24.3 Å². The van der Waals surface area contributed by atoms with E-state index in [1.807, 2.05) is 25.1 Å². The first kappa shape index (κ1) is 14.4. The van der Waals surface area contributed by atoms with Gasteiger partial charge in [-0.1, -0.05) is 38.0 Å². The lowest BCUT2D eigenvalue weighted by atomic mass is 10.0. The molecule has 3 heteroatoms. The summed E-state index contributed by atoms with van der Waals surface area (Å²) in [6.07, 6.45) is 4.90. The summed E-state index contributed by atoms with van der Waals surface area (Å²) in [6.45, 7) is 3.16. The molecule has 1 unspecified atom stereocenters. The Balaban J connectivity index is 2.32. The Kier molecular flexibility index (Phi) is 5.23. The third kappa shape index (κ3) is 3.28. The number of hydrogen-bond acceptors (Lipinski definition) is 3. The maximum absolute atomic E-state index is 10.2. The summed E-state index contributed by atoms with van der Waals surface area (Å²) >= 11 is 0. The van der Waals surface area contributed by atoms with Gasteiger partial charge in [0.2, 0.25) is 0 Å². The van der Waals surface area contributed by atoms with Crippen LogP contribution in [-0.4, -0.2) is 29.4 Å². The normalized spacial score (nSPS) is 22.1. The van der Waals surface area contributed by atoms with Gasteiger partial charge in [-0.2, -0.15) is 0 Å². The van der Waals surface area contributed by atoms with Crippen LogP contribution >= 0.6 is 0 Å². The monoisotopic (exact) mass is 263 g/mol. The highest BCUT2D eigenvalue weighted by Crippen LogP contribution is 2.31. The molecule has 2 rings (SSSR count). The number of nitrogens with zero attached hydrogens (tertiary/aromatic N) is 1. The van der Waals surface area contributed by atoms with E-state index in [-0.39, 0.29) is 12.6 Å². The Morgan fingerprint density at radius 1 is 1.26 bits per heavy atom. The van der Waals surface area contributed by atoms with Crippen LogP contribution in [-0.2, 0) is 0 Å². The van der Waals surface area contributed by atoms with Gasteiger partial charge in [-0.25, -0.2) is 0 Å². The summed E-state index contributed by atoms with van der Waals surface area (Å²) in [5, 5.41) is 19.8. The van der Waals surface area contributed by atoms with Crippen LogP contribution in [0.5, 0.6) is 0 Å². The van der Waals surface area contributed by atoms with Gasteiger partial charge in [-0.15, -0.1) is 0 Å². The summed E-state index contributed by atoms with van der Waals surface area (Å²) in [6, 6.07) is 8.25. The van der Waals surface area contributed by atoms with Crippen molar-refractivity contribution in [3.8, 4) is 0 Å². The number of aliphatic hydroxyl groups is 2. The van der Waals surface area contributed by atoms with E-state index in [0.717, 1.165) is 30.6 Å². The zero-order chi connectivity index (χ0) is 13.7. The highest BCUT2D eigenvalue weighted by Gasteiger charge is 2.23. The first-order valence-electron chi connectivity index (χ1n) is 7.42. The first-order chi connectivity index (χ1) is 9.27. The van der Waals surface area contributed by atoms with Crippen molar-refractivity contribution in [1.82, 2.24) is 0 Å². The van der Waals surface area contributed by atoms with Gasteiger partial charge >= 0.3 is 0 Å². The minimum atomic E-state index is -0.418. The maximum atomic E-state index is 10.2. The lowest BCUT2D eigenvalue weighted by Crippen LogP contribution is -2.38. The molecule has 106 valence electrons. The third-order valence-electron chi connectivity index (χ3n) is 4.08. The first-order valence-corrected chi connectivity index (χ1v) is 7.42. The lowest BCUT2D eigenvalue weighted by Gasteiger charge is -2.33. The lowest BCUT2D eigenvalue weighted by molar-refractivity contribution is 0.173. The van der Waals surface area contributed by atoms with E-state index in [1.54, 1.807) is 0 Å². The molecular formula is C16H25NO2. The maximum Gasteiger partial charge on any atom is 0.0807 e. The van der Waals surface area contributed by atoms with Crippen LogP contribution in [0, 0.1) is 0 Å². The molecule has 1 aromatic rings. The average molecular weight is 263 g/mol. The summed E-state index contributed by atoms with van der Waals surface area (Å²) in [5.74, 6) is 0. The van der Waals surface area contributed by atoms with Crippen LogP contribution in [0.3, 0.4) is 0 Å². The number of hydrogen-bond donors (Lipinski definition) is 2. The molecular weight excluding hydrogens is 238 g/mol. The van der Waals surface area contributed by atoms with Gasteiger partial charge in [0.1, 0.15) is 0 Å². The summed E-state index contributed by atoms with van der Waals surface area (Å²) in [5.41, 5.74) is 2.09. The predicted octanol–water partition coefficient (Wildman–Crippen LogP) is 2.87. The number of benzene rings is 1. The van der Waals surface area contributed by atoms with E-state index in [1.165, 1.54) is 12.8 Å². The number of anilines is 1. The topological polar surface area (TPSA) is 43.7 Å². The molecule has 0 aliphatic carbocycles. The second kappa shape index (κ2) is 6.92. The predicted molar refractivity (Wildman–Crippen MR) is 78.4 cm³/mol. The summed E-state index contributed by atoms with van der Waals surface area (Å²) < 4.78 is 0. The van der Waals surface area contributed by atoms with E-state index >= 15 is 0 Å². The molecule has 1 heterocycles. The molecule has 3 nitrogen and oxygen atoms in total. The van der Waals surface area contributed by atoms with E-state index in [4.69, 9.17) is 0 Å². The van der Waals surface area contributed by atoms with Gasteiger partial charge in [0.25, 0.3) is 0 Å². The van der Waals surface area contributed by atoms with E-state index in [9.17, 15) is 10.2 Å². The Labute approximate surface area is 115 Å². The Hall–Kier alpha value is -1.06. The molecule has 19 heavy (non-hydrogen) atoms. The molecule has 0 spiro atoms. The molecule has 2 N–H and O–H groups in total. The molecule has 0 aromatic heterocycles. The van der Waals surface area contributed by atoms with Crippen molar-refractivity contribution in [3.05, 3.63) is 29.8 Å². The minimum Gasteiger partial charge on any atom is -0.394 e. The van der Waals surface area contributed by atoms with Crippen molar-refractivity contribution in [2.45, 2.75) is 51.2 Å². The molecule has 0 saturated carbocycles. The van der Waals surface area contributed by atoms with Crippen molar-refractivity contribution < 1.29 is 10.2 Å². The highest BCUT2D eigenvalue weighted by atomic mass is 16.3. The van der Waals surface area contributed by atoms with Crippen LogP contribution in [0.2, 0.25) is 0 Å². The van der Waals surface area contributed by atoms with Gasteiger partial charge in [-0.05, 0) is 25.3 Å². The number of aliphatic hydroxyl groups excluding tert-OH is 2. The van der Waals surface area contributed by atoms with Crippen LogP contribution in [0.1, 0.15) is 50.7 Å². The molecule has 1 saturated heterocycles. The quantitative estimate of drug-likeness (QED) is 0.878. The molecule has 0 bridgehead atoms. The molecule has 0 amide bonds. The third-order valence-corrected chi connectivity index (χ3v) is 4.08. The molecule has 0 radical (unpaired) electrons. The van der Waals surface area contributed by atoms with Gasteiger partial charge in [0, 0.05) is 17.8 Å². The second-order valence-electron chi connectivity index (χ2n) is 5.36. The van der Waals surface area contributed by atoms with Crippen LogP contribution in [0.25, 0.3) is 0 Å². The largest absolute Gasteiger partial charge is 0.394 e. The molecule has 1 fully saturated rings.